The SMILES string of the molecule is FC(F)(F)c1[nH]nc2c1CCc1ccsc1-2. The normalized spacial score (nSPS) is 14.7. The summed E-state index contributed by atoms with van der Waals surface area (Å²) < 4.78 is 37.9. The minimum atomic E-state index is -4.34. The third-order valence-corrected chi connectivity index (χ3v) is 3.72. The molecular weight excluding hydrogens is 237 g/mol. The summed E-state index contributed by atoms with van der Waals surface area (Å²) in [7, 11) is 0. The first-order chi connectivity index (χ1) is 7.57. The summed E-state index contributed by atoms with van der Waals surface area (Å²) >= 11 is 1.44. The lowest BCUT2D eigenvalue weighted by Gasteiger charge is -2.13. The van der Waals surface area contributed by atoms with E-state index < -0.39 is 11.9 Å². The number of nitrogens with one attached hydrogen (secondary N) is 1. The Kier molecular flexibility index (Phi) is 1.92. The van der Waals surface area contributed by atoms with Gasteiger partial charge in [-0.2, -0.15) is 18.3 Å². The lowest BCUT2D eigenvalue weighted by molar-refractivity contribution is -0.141. The van der Waals surface area contributed by atoms with Crippen LogP contribution in [0.5, 0.6) is 0 Å². The highest BCUT2D eigenvalue weighted by atomic mass is 32.1. The summed E-state index contributed by atoms with van der Waals surface area (Å²) in [4.78, 5) is 0.869. The number of aromatic amines is 1. The number of aromatic nitrogens is 2. The average molecular weight is 244 g/mol. The van der Waals surface area contributed by atoms with E-state index in [2.05, 4.69) is 10.2 Å². The van der Waals surface area contributed by atoms with Gasteiger partial charge < -0.3 is 0 Å². The first-order valence-corrected chi connectivity index (χ1v) is 5.66. The number of thiophene rings is 1. The molecule has 1 aliphatic rings. The van der Waals surface area contributed by atoms with Gasteiger partial charge in [-0.25, -0.2) is 0 Å². The Bertz CT molecular complexity index is 538. The monoisotopic (exact) mass is 244 g/mol. The van der Waals surface area contributed by atoms with E-state index in [0.29, 0.717) is 24.1 Å². The maximum absolute atomic E-state index is 12.6. The number of rotatable bonds is 0. The van der Waals surface area contributed by atoms with E-state index in [1.54, 1.807) is 0 Å². The van der Waals surface area contributed by atoms with Crippen molar-refractivity contribution >= 4 is 11.3 Å². The molecule has 1 N–H and O–H groups in total. The number of halogens is 3. The summed E-state index contributed by atoms with van der Waals surface area (Å²) in [6.07, 6.45) is -3.27. The van der Waals surface area contributed by atoms with Crippen LogP contribution in [0.3, 0.4) is 0 Å². The zero-order valence-electron chi connectivity index (χ0n) is 8.06. The average Bonchev–Trinajstić information content (AvgIpc) is 2.81. The molecule has 0 bridgehead atoms. The molecule has 0 aromatic carbocycles. The largest absolute Gasteiger partial charge is 0.433 e. The molecule has 0 fully saturated rings. The molecule has 16 heavy (non-hydrogen) atoms. The van der Waals surface area contributed by atoms with Crippen LogP contribution in [0.25, 0.3) is 10.6 Å². The third-order valence-electron chi connectivity index (χ3n) is 2.76. The van der Waals surface area contributed by atoms with Crippen molar-refractivity contribution < 1.29 is 13.2 Å². The molecule has 0 unspecified atom stereocenters. The number of aryl methyl sites for hydroxylation is 1. The lowest BCUT2D eigenvalue weighted by Crippen LogP contribution is -2.11. The molecule has 84 valence electrons. The highest BCUT2D eigenvalue weighted by Gasteiger charge is 2.38. The van der Waals surface area contributed by atoms with Gasteiger partial charge in [0.2, 0.25) is 0 Å². The van der Waals surface area contributed by atoms with Gasteiger partial charge in [-0.15, -0.1) is 11.3 Å². The van der Waals surface area contributed by atoms with Gasteiger partial charge in [0, 0.05) is 5.56 Å². The lowest BCUT2D eigenvalue weighted by atomic mass is 9.95. The molecule has 2 aromatic rings. The van der Waals surface area contributed by atoms with Crippen LogP contribution in [0.2, 0.25) is 0 Å². The number of H-pyrrole nitrogens is 1. The molecule has 3 rings (SSSR count). The molecule has 0 saturated carbocycles. The molecule has 2 nitrogen and oxygen atoms in total. The minimum absolute atomic E-state index is 0.308. The highest BCUT2D eigenvalue weighted by Crippen LogP contribution is 2.41. The smallest absolute Gasteiger partial charge is 0.273 e. The quantitative estimate of drug-likeness (QED) is 0.757. The number of hydrogen-bond acceptors (Lipinski definition) is 2. The highest BCUT2D eigenvalue weighted by molar-refractivity contribution is 7.13. The van der Waals surface area contributed by atoms with Gasteiger partial charge in [0.25, 0.3) is 0 Å². The maximum atomic E-state index is 12.6. The molecule has 6 heteroatoms. The Balaban J connectivity index is 2.20. The Morgan fingerprint density at radius 1 is 1.31 bits per heavy atom. The van der Waals surface area contributed by atoms with Gasteiger partial charge in [-0.3, -0.25) is 5.10 Å². The molecular formula is C10H7F3N2S. The van der Waals surface area contributed by atoms with E-state index in [-0.39, 0.29) is 0 Å². The van der Waals surface area contributed by atoms with E-state index in [4.69, 9.17) is 0 Å². The zero-order valence-corrected chi connectivity index (χ0v) is 8.87. The van der Waals surface area contributed by atoms with Crippen molar-refractivity contribution in [2.75, 3.05) is 0 Å². The Morgan fingerprint density at radius 2 is 2.12 bits per heavy atom. The van der Waals surface area contributed by atoms with Crippen LogP contribution >= 0.6 is 11.3 Å². The number of hydrogen-bond donors (Lipinski definition) is 1. The standard InChI is InChI=1S/C10H7F3N2S/c11-10(12,13)9-6-2-1-5-3-4-16-8(5)7(6)14-15-9/h3-4H,1-2H2,(H,14,15). The zero-order chi connectivity index (χ0) is 11.3. The second kappa shape index (κ2) is 3.10. The Morgan fingerprint density at radius 3 is 2.88 bits per heavy atom. The van der Waals surface area contributed by atoms with Crippen molar-refractivity contribution in [2.24, 2.45) is 0 Å². The first-order valence-electron chi connectivity index (χ1n) is 4.78. The molecule has 2 heterocycles. The van der Waals surface area contributed by atoms with Gasteiger partial charge in [-0.1, -0.05) is 0 Å². The molecule has 0 saturated heterocycles. The van der Waals surface area contributed by atoms with E-state index in [9.17, 15) is 13.2 Å². The summed E-state index contributed by atoms with van der Waals surface area (Å²) in [6, 6.07) is 1.95. The van der Waals surface area contributed by atoms with Gasteiger partial charge >= 0.3 is 6.18 Å². The second-order valence-electron chi connectivity index (χ2n) is 3.70. The van der Waals surface area contributed by atoms with Crippen molar-refractivity contribution in [3.05, 3.63) is 28.3 Å². The molecule has 0 atom stereocenters. The van der Waals surface area contributed by atoms with Crippen LogP contribution < -0.4 is 0 Å². The summed E-state index contributed by atoms with van der Waals surface area (Å²) in [5, 5.41) is 7.81. The van der Waals surface area contributed by atoms with Crippen LogP contribution in [-0.4, -0.2) is 10.2 Å². The van der Waals surface area contributed by atoms with Crippen LogP contribution in [-0.2, 0) is 19.0 Å². The molecule has 0 spiro atoms. The molecule has 0 amide bonds. The fourth-order valence-corrected chi connectivity index (χ4v) is 3.00. The summed E-state index contributed by atoms with van der Waals surface area (Å²) in [5.74, 6) is 0. The van der Waals surface area contributed by atoms with Crippen molar-refractivity contribution in [3.8, 4) is 10.6 Å². The van der Waals surface area contributed by atoms with E-state index in [0.717, 1.165) is 10.4 Å². The predicted molar refractivity (Wildman–Crippen MR) is 54.3 cm³/mol. The van der Waals surface area contributed by atoms with Gasteiger partial charge in [0.15, 0.2) is 0 Å². The van der Waals surface area contributed by atoms with E-state index in [1.165, 1.54) is 11.3 Å². The predicted octanol–water partition coefficient (Wildman–Crippen LogP) is 3.26. The van der Waals surface area contributed by atoms with Crippen molar-refractivity contribution in [1.29, 1.82) is 0 Å². The van der Waals surface area contributed by atoms with Crippen LogP contribution in [0.1, 0.15) is 16.8 Å². The van der Waals surface area contributed by atoms with E-state index in [1.807, 2.05) is 11.4 Å². The number of fused-ring (bicyclic) bond motifs is 3. The second-order valence-corrected chi connectivity index (χ2v) is 4.61. The van der Waals surface area contributed by atoms with Crippen LogP contribution in [0.15, 0.2) is 11.4 Å². The maximum Gasteiger partial charge on any atom is 0.433 e. The van der Waals surface area contributed by atoms with Gasteiger partial charge in [0.1, 0.15) is 11.4 Å². The van der Waals surface area contributed by atoms with Crippen molar-refractivity contribution in [3.63, 3.8) is 0 Å². The third kappa shape index (κ3) is 1.29. The Labute approximate surface area is 93.1 Å². The minimum Gasteiger partial charge on any atom is -0.273 e. The van der Waals surface area contributed by atoms with Gasteiger partial charge in [-0.05, 0) is 29.9 Å². The fourth-order valence-electron chi connectivity index (χ4n) is 2.03. The van der Waals surface area contributed by atoms with Crippen LogP contribution in [0, 0.1) is 0 Å². The molecule has 0 radical (unpaired) electrons. The Hall–Kier alpha value is -1.30. The topological polar surface area (TPSA) is 28.7 Å². The van der Waals surface area contributed by atoms with Crippen LogP contribution in [0.4, 0.5) is 13.2 Å². The van der Waals surface area contributed by atoms with Crippen molar-refractivity contribution in [1.82, 2.24) is 10.2 Å². The summed E-state index contributed by atoms with van der Waals surface area (Å²) in [6.45, 7) is 0. The van der Waals surface area contributed by atoms with Crippen molar-refractivity contribution in [2.45, 2.75) is 19.0 Å². The summed E-state index contributed by atoms with van der Waals surface area (Å²) in [5.41, 5.74) is 1.19. The number of nitrogens with zero attached hydrogens (tertiary/aromatic N) is 1. The molecule has 1 aliphatic carbocycles. The van der Waals surface area contributed by atoms with E-state index >= 15 is 0 Å². The molecule has 0 aliphatic heterocycles. The molecule has 2 aromatic heterocycles. The van der Waals surface area contributed by atoms with Gasteiger partial charge in [0.05, 0.1) is 4.88 Å². The fraction of sp³-hybridized carbons (Fsp3) is 0.300. The number of alkyl halides is 3. The first kappa shape index (κ1) is 9.89.